The zero-order valence-corrected chi connectivity index (χ0v) is 11.5. The van der Waals surface area contributed by atoms with E-state index >= 15 is 0 Å². The maximum absolute atomic E-state index is 12.0. The zero-order chi connectivity index (χ0) is 13.8. The number of hydrogen-bond acceptors (Lipinski definition) is 2. The second kappa shape index (κ2) is 5.95. The van der Waals surface area contributed by atoms with Crippen LogP contribution in [0.2, 0.25) is 10.0 Å². The van der Waals surface area contributed by atoms with Gasteiger partial charge in [0.15, 0.2) is 0 Å². The third-order valence-electron chi connectivity index (χ3n) is 2.62. The molecule has 0 fully saturated rings. The van der Waals surface area contributed by atoms with E-state index in [1.54, 1.807) is 30.3 Å². The second-order valence-electron chi connectivity index (χ2n) is 4.02. The molecule has 0 aliphatic rings. The lowest BCUT2D eigenvalue weighted by molar-refractivity contribution is -0.115. The maximum atomic E-state index is 12.0. The molecule has 3 nitrogen and oxygen atoms in total. The number of carbonyl (C=O) groups excluding carboxylic acids is 1. The molecule has 0 bridgehead atoms. The van der Waals surface area contributed by atoms with Crippen molar-refractivity contribution in [1.29, 1.82) is 0 Å². The lowest BCUT2D eigenvalue weighted by atomic mass is 10.1. The maximum Gasteiger partial charge on any atom is 0.228 e. The molecule has 2 rings (SSSR count). The van der Waals surface area contributed by atoms with E-state index < -0.39 is 0 Å². The Labute approximate surface area is 121 Å². The molecule has 0 aromatic heterocycles. The van der Waals surface area contributed by atoms with Gasteiger partial charge in [-0.3, -0.25) is 4.79 Å². The Morgan fingerprint density at radius 3 is 2.42 bits per heavy atom. The van der Waals surface area contributed by atoms with Gasteiger partial charge in [-0.25, -0.2) is 0 Å². The Morgan fingerprint density at radius 2 is 1.74 bits per heavy atom. The molecule has 0 spiro atoms. The summed E-state index contributed by atoms with van der Waals surface area (Å²) in [5.41, 5.74) is 7.39. The number of benzene rings is 2. The third kappa shape index (κ3) is 3.40. The predicted molar refractivity (Wildman–Crippen MR) is 79.7 cm³/mol. The number of nitrogens with two attached hydrogens (primary N) is 1. The van der Waals surface area contributed by atoms with Crippen LogP contribution < -0.4 is 11.1 Å². The largest absolute Gasteiger partial charge is 0.397 e. The first-order valence-electron chi connectivity index (χ1n) is 5.65. The number of nitrogens with one attached hydrogen (secondary N) is 1. The van der Waals surface area contributed by atoms with Crippen LogP contribution in [0, 0.1) is 0 Å². The van der Waals surface area contributed by atoms with E-state index in [-0.39, 0.29) is 12.3 Å². The molecular weight excluding hydrogens is 283 g/mol. The second-order valence-corrected chi connectivity index (χ2v) is 4.83. The van der Waals surface area contributed by atoms with E-state index in [0.717, 1.165) is 5.56 Å². The highest BCUT2D eigenvalue weighted by molar-refractivity contribution is 6.34. The van der Waals surface area contributed by atoms with Gasteiger partial charge in [0.1, 0.15) is 0 Å². The highest BCUT2D eigenvalue weighted by Crippen LogP contribution is 2.28. The van der Waals surface area contributed by atoms with E-state index in [0.29, 0.717) is 21.4 Å². The van der Waals surface area contributed by atoms with Crippen molar-refractivity contribution in [1.82, 2.24) is 0 Å². The molecule has 0 saturated heterocycles. The van der Waals surface area contributed by atoms with Crippen molar-refractivity contribution in [3.05, 3.63) is 58.1 Å². The van der Waals surface area contributed by atoms with Gasteiger partial charge >= 0.3 is 0 Å². The fraction of sp³-hybridized carbons (Fsp3) is 0.0714. The van der Waals surface area contributed by atoms with Gasteiger partial charge in [-0.2, -0.15) is 0 Å². The van der Waals surface area contributed by atoms with E-state index in [9.17, 15) is 4.79 Å². The summed E-state index contributed by atoms with van der Waals surface area (Å²) < 4.78 is 0. The van der Waals surface area contributed by atoms with Gasteiger partial charge in [0.2, 0.25) is 5.91 Å². The molecule has 2 aromatic carbocycles. The topological polar surface area (TPSA) is 55.1 Å². The summed E-state index contributed by atoms with van der Waals surface area (Å²) in [4.78, 5) is 12.0. The van der Waals surface area contributed by atoms with E-state index in [1.165, 1.54) is 0 Å². The number of nitrogen functional groups attached to an aromatic ring is 1. The number of para-hydroxylation sites is 1. The fourth-order valence-corrected chi connectivity index (χ4v) is 2.10. The van der Waals surface area contributed by atoms with Gasteiger partial charge in [0.05, 0.1) is 22.8 Å². The van der Waals surface area contributed by atoms with E-state index in [4.69, 9.17) is 28.9 Å². The first kappa shape index (κ1) is 13.7. The van der Waals surface area contributed by atoms with Crippen LogP contribution in [0.3, 0.4) is 0 Å². The number of hydrogen-bond donors (Lipinski definition) is 2. The van der Waals surface area contributed by atoms with E-state index in [1.807, 2.05) is 12.1 Å². The van der Waals surface area contributed by atoms with Gasteiger partial charge in [0, 0.05) is 5.02 Å². The van der Waals surface area contributed by atoms with Crippen molar-refractivity contribution in [3.63, 3.8) is 0 Å². The molecule has 0 radical (unpaired) electrons. The quantitative estimate of drug-likeness (QED) is 0.847. The molecule has 0 unspecified atom stereocenters. The molecule has 2 aromatic rings. The number of amides is 1. The number of rotatable bonds is 3. The molecule has 0 aliphatic carbocycles. The smallest absolute Gasteiger partial charge is 0.228 e. The van der Waals surface area contributed by atoms with Gasteiger partial charge < -0.3 is 11.1 Å². The van der Waals surface area contributed by atoms with Crippen LogP contribution in [0.25, 0.3) is 0 Å². The lowest BCUT2D eigenvalue weighted by Gasteiger charge is -2.10. The molecule has 5 heteroatoms. The average Bonchev–Trinajstić information content (AvgIpc) is 2.37. The van der Waals surface area contributed by atoms with Crippen molar-refractivity contribution in [2.45, 2.75) is 6.42 Å². The van der Waals surface area contributed by atoms with Crippen molar-refractivity contribution < 1.29 is 4.79 Å². The minimum Gasteiger partial charge on any atom is -0.397 e. The molecule has 0 heterocycles. The molecule has 3 N–H and O–H groups in total. The van der Waals surface area contributed by atoms with Crippen molar-refractivity contribution in [2.24, 2.45) is 0 Å². The first-order chi connectivity index (χ1) is 9.08. The summed E-state index contributed by atoms with van der Waals surface area (Å²) in [6, 6.07) is 12.3. The van der Waals surface area contributed by atoms with Crippen LogP contribution in [-0.4, -0.2) is 5.91 Å². The minimum absolute atomic E-state index is 0.171. The highest BCUT2D eigenvalue weighted by Gasteiger charge is 2.10. The average molecular weight is 295 g/mol. The monoisotopic (exact) mass is 294 g/mol. The molecule has 0 atom stereocenters. The minimum atomic E-state index is -0.215. The molecular formula is C14H12Cl2N2O. The van der Waals surface area contributed by atoms with Crippen LogP contribution in [-0.2, 0) is 11.2 Å². The Morgan fingerprint density at radius 1 is 1.05 bits per heavy atom. The molecule has 0 aliphatic heterocycles. The normalized spacial score (nSPS) is 10.2. The standard InChI is InChI=1S/C14H12Cl2N2O/c15-10-5-2-1-4-9(10)8-13(19)18-14-11(16)6-3-7-12(14)17/h1-7H,8,17H2,(H,18,19). The van der Waals surface area contributed by atoms with Gasteiger partial charge in [0.25, 0.3) is 0 Å². The van der Waals surface area contributed by atoms with Crippen molar-refractivity contribution >= 4 is 40.5 Å². The Bertz CT molecular complexity index is 594. The molecule has 98 valence electrons. The summed E-state index contributed by atoms with van der Waals surface area (Å²) in [6.07, 6.45) is 0.171. The van der Waals surface area contributed by atoms with Gasteiger partial charge in [-0.1, -0.05) is 47.5 Å². The first-order valence-corrected chi connectivity index (χ1v) is 6.41. The summed E-state index contributed by atoms with van der Waals surface area (Å²) in [5.74, 6) is -0.215. The van der Waals surface area contributed by atoms with E-state index in [2.05, 4.69) is 5.32 Å². The van der Waals surface area contributed by atoms with Crippen molar-refractivity contribution in [2.75, 3.05) is 11.1 Å². The van der Waals surface area contributed by atoms with Crippen LogP contribution in [0.5, 0.6) is 0 Å². The van der Waals surface area contributed by atoms with Gasteiger partial charge in [-0.15, -0.1) is 0 Å². The number of halogens is 2. The lowest BCUT2D eigenvalue weighted by Crippen LogP contribution is -2.16. The summed E-state index contributed by atoms with van der Waals surface area (Å²) in [5, 5.41) is 3.67. The highest BCUT2D eigenvalue weighted by atomic mass is 35.5. The van der Waals surface area contributed by atoms with Gasteiger partial charge in [-0.05, 0) is 23.8 Å². The summed E-state index contributed by atoms with van der Waals surface area (Å²) >= 11 is 12.0. The third-order valence-corrected chi connectivity index (χ3v) is 3.30. The number of carbonyl (C=O) groups is 1. The zero-order valence-electron chi connectivity index (χ0n) is 9.99. The van der Waals surface area contributed by atoms with Crippen LogP contribution in [0.4, 0.5) is 11.4 Å². The van der Waals surface area contributed by atoms with Crippen LogP contribution >= 0.6 is 23.2 Å². The molecule has 19 heavy (non-hydrogen) atoms. The van der Waals surface area contributed by atoms with Crippen LogP contribution in [0.1, 0.15) is 5.56 Å². The SMILES string of the molecule is Nc1cccc(Cl)c1NC(=O)Cc1ccccc1Cl. The Hall–Kier alpha value is -1.71. The molecule has 1 amide bonds. The van der Waals surface area contributed by atoms with Crippen molar-refractivity contribution in [3.8, 4) is 0 Å². The summed E-state index contributed by atoms with van der Waals surface area (Å²) in [6.45, 7) is 0. The summed E-state index contributed by atoms with van der Waals surface area (Å²) in [7, 11) is 0. The van der Waals surface area contributed by atoms with Crippen LogP contribution in [0.15, 0.2) is 42.5 Å². The Kier molecular flexibility index (Phi) is 4.30. The fourth-order valence-electron chi connectivity index (χ4n) is 1.67. The Balaban J connectivity index is 2.12. The number of anilines is 2. The molecule has 0 saturated carbocycles. The predicted octanol–water partition coefficient (Wildman–Crippen LogP) is 3.76.